The largest absolute Gasteiger partial charge is 0.496 e. The second-order valence-electron chi connectivity index (χ2n) is 4.32. The van der Waals surface area contributed by atoms with Gasteiger partial charge >= 0.3 is 0 Å². The fraction of sp³-hybridized carbons (Fsp3) is 0.538. The first-order valence-electron chi connectivity index (χ1n) is 6.21. The number of methoxy groups -OCH3 is 2. The van der Waals surface area contributed by atoms with Crippen LogP contribution < -0.4 is 14.8 Å². The van der Waals surface area contributed by atoms with Gasteiger partial charge in [-0.05, 0) is 18.6 Å². The maximum Gasteiger partial charge on any atom is 0.154 e. The fourth-order valence-corrected chi connectivity index (χ4v) is 2.67. The lowest BCUT2D eigenvalue weighted by atomic mass is 10.2. The average molecular weight is 303 g/mol. The van der Waals surface area contributed by atoms with Gasteiger partial charge in [0.15, 0.2) is 9.84 Å². The Balaban J connectivity index is 2.77. The molecule has 0 spiro atoms. The van der Waals surface area contributed by atoms with Crippen molar-refractivity contribution in [3.05, 3.63) is 17.7 Å². The molecule has 0 bridgehead atoms. The third-order valence-corrected chi connectivity index (χ3v) is 4.48. The van der Waals surface area contributed by atoms with Gasteiger partial charge in [0, 0.05) is 12.6 Å². The molecule has 2 N–H and O–H groups in total. The minimum Gasteiger partial charge on any atom is -0.496 e. The molecular formula is C13H21NO5S. The zero-order chi connectivity index (χ0) is 15.2. The predicted octanol–water partition coefficient (Wildman–Crippen LogP) is 0.831. The van der Waals surface area contributed by atoms with E-state index in [1.54, 1.807) is 20.3 Å². The van der Waals surface area contributed by atoms with Crippen LogP contribution in [0.1, 0.15) is 5.56 Å². The molecule has 0 unspecified atom stereocenters. The molecule has 1 rings (SSSR count). The van der Waals surface area contributed by atoms with Crippen molar-refractivity contribution in [1.82, 2.24) is 0 Å². The van der Waals surface area contributed by atoms with Crippen molar-refractivity contribution >= 4 is 15.5 Å². The minimum absolute atomic E-state index is 0.0487. The smallest absolute Gasteiger partial charge is 0.154 e. The first-order valence-corrected chi connectivity index (χ1v) is 8.03. The van der Waals surface area contributed by atoms with E-state index in [-0.39, 0.29) is 24.7 Å². The molecule has 1 aromatic rings. The lowest BCUT2D eigenvalue weighted by molar-refractivity contribution is 0.319. The number of rotatable bonds is 8. The minimum atomic E-state index is -3.23. The molecule has 0 aliphatic rings. The predicted molar refractivity (Wildman–Crippen MR) is 78.5 cm³/mol. The summed E-state index contributed by atoms with van der Waals surface area (Å²) in [6, 6.07) is 3.59. The Morgan fingerprint density at radius 3 is 2.35 bits per heavy atom. The van der Waals surface area contributed by atoms with Crippen molar-refractivity contribution in [2.45, 2.75) is 6.92 Å². The summed E-state index contributed by atoms with van der Waals surface area (Å²) in [7, 11) is -0.106. The van der Waals surface area contributed by atoms with E-state index in [1.807, 2.05) is 13.0 Å². The second kappa shape index (κ2) is 7.35. The maximum absolute atomic E-state index is 11.5. The van der Waals surface area contributed by atoms with Crippen LogP contribution in [0.2, 0.25) is 0 Å². The van der Waals surface area contributed by atoms with E-state index in [0.717, 1.165) is 5.56 Å². The van der Waals surface area contributed by atoms with Gasteiger partial charge in [-0.2, -0.15) is 0 Å². The molecule has 0 aromatic heterocycles. The van der Waals surface area contributed by atoms with E-state index < -0.39 is 9.84 Å². The third kappa shape index (κ3) is 4.57. The van der Waals surface area contributed by atoms with Crippen molar-refractivity contribution in [2.75, 3.05) is 44.2 Å². The normalized spacial score (nSPS) is 11.2. The van der Waals surface area contributed by atoms with Crippen LogP contribution in [0.15, 0.2) is 12.1 Å². The number of anilines is 1. The highest BCUT2D eigenvalue weighted by atomic mass is 32.2. The Morgan fingerprint density at radius 1 is 1.15 bits per heavy atom. The van der Waals surface area contributed by atoms with Crippen molar-refractivity contribution in [2.24, 2.45) is 0 Å². The van der Waals surface area contributed by atoms with Crippen LogP contribution in [-0.4, -0.2) is 52.4 Å². The summed E-state index contributed by atoms with van der Waals surface area (Å²) in [5, 5.41) is 11.7. The van der Waals surface area contributed by atoms with Crippen molar-refractivity contribution in [1.29, 1.82) is 0 Å². The summed E-state index contributed by atoms with van der Waals surface area (Å²) in [5.41, 5.74) is 1.61. The zero-order valence-electron chi connectivity index (χ0n) is 12.0. The zero-order valence-corrected chi connectivity index (χ0v) is 12.8. The van der Waals surface area contributed by atoms with Crippen molar-refractivity contribution in [3.8, 4) is 11.5 Å². The van der Waals surface area contributed by atoms with E-state index in [4.69, 9.17) is 14.6 Å². The molecule has 20 heavy (non-hydrogen) atoms. The Bertz CT molecular complexity index is 542. The monoisotopic (exact) mass is 303 g/mol. The molecule has 7 heteroatoms. The van der Waals surface area contributed by atoms with E-state index in [1.165, 1.54) is 0 Å². The number of aliphatic hydroxyl groups is 1. The molecule has 0 saturated heterocycles. The summed E-state index contributed by atoms with van der Waals surface area (Å²) >= 11 is 0. The molecule has 6 nitrogen and oxygen atoms in total. The van der Waals surface area contributed by atoms with Gasteiger partial charge in [-0.15, -0.1) is 0 Å². The summed E-state index contributed by atoms with van der Waals surface area (Å²) in [6.45, 7) is 1.78. The van der Waals surface area contributed by atoms with Crippen LogP contribution in [0.5, 0.6) is 11.5 Å². The van der Waals surface area contributed by atoms with Crippen LogP contribution in [0, 0.1) is 6.92 Å². The Kier molecular flexibility index (Phi) is 6.09. The van der Waals surface area contributed by atoms with Gasteiger partial charge in [0.25, 0.3) is 0 Å². The van der Waals surface area contributed by atoms with Gasteiger partial charge in [-0.1, -0.05) is 0 Å². The number of nitrogens with one attached hydrogen (secondary N) is 1. The fourth-order valence-electron chi connectivity index (χ4n) is 1.77. The number of sulfone groups is 1. The third-order valence-electron chi connectivity index (χ3n) is 2.85. The molecule has 0 amide bonds. The second-order valence-corrected chi connectivity index (χ2v) is 6.63. The molecule has 0 saturated carbocycles. The van der Waals surface area contributed by atoms with Crippen LogP contribution in [0.4, 0.5) is 5.69 Å². The van der Waals surface area contributed by atoms with Gasteiger partial charge in [-0.3, -0.25) is 0 Å². The lowest BCUT2D eigenvalue weighted by Crippen LogP contribution is -2.20. The van der Waals surface area contributed by atoms with Gasteiger partial charge < -0.3 is 19.9 Å². The van der Waals surface area contributed by atoms with Crippen LogP contribution in [0.25, 0.3) is 0 Å². The number of hydrogen-bond donors (Lipinski definition) is 2. The summed E-state index contributed by atoms with van der Waals surface area (Å²) < 4.78 is 33.5. The van der Waals surface area contributed by atoms with Crippen LogP contribution in [0.3, 0.4) is 0 Å². The topological polar surface area (TPSA) is 84.9 Å². The Morgan fingerprint density at radius 2 is 1.80 bits per heavy atom. The van der Waals surface area contributed by atoms with Crippen LogP contribution >= 0.6 is 0 Å². The SMILES string of the molecule is COc1cc(NCCS(=O)(=O)CCO)c(OC)cc1C. The quantitative estimate of drug-likeness (QED) is 0.740. The first-order chi connectivity index (χ1) is 9.43. The molecule has 0 heterocycles. The highest BCUT2D eigenvalue weighted by Gasteiger charge is 2.12. The molecule has 0 aliphatic heterocycles. The van der Waals surface area contributed by atoms with Crippen LogP contribution in [-0.2, 0) is 9.84 Å². The van der Waals surface area contributed by atoms with E-state index in [2.05, 4.69) is 5.32 Å². The number of aliphatic hydroxyl groups excluding tert-OH is 1. The number of hydrogen-bond acceptors (Lipinski definition) is 6. The standard InChI is InChI=1S/C13H21NO5S/c1-10-8-13(19-3)11(9-12(10)18-2)14-4-6-20(16,17)7-5-15/h8-9,14-15H,4-7H2,1-3H3. The highest BCUT2D eigenvalue weighted by Crippen LogP contribution is 2.32. The molecule has 0 fully saturated rings. The molecule has 0 radical (unpaired) electrons. The Labute approximate surface area is 119 Å². The molecule has 1 aromatic carbocycles. The summed E-state index contributed by atoms with van der Waals surface area (Å²) in [4.78, 5) is 0. The average Bonchev–Trinajstić information content (AvgIpc) is 2.39. The van der Waals surface area contributed by atoms with Crippen molar-refractivity contribution < 1.29 is 23.0 Å². The molecule has 0 atom stereocenters. The number of ether oxygens (including phenoxy) is 2. The number of benzene rings is 1. The van der Waals surface area contributed by atoms with E-state index in [9.17, 15) is 8.42 Å². The van der Waals surface area contributed by atoms with E-state index in [0.29, 0.717) is 17.2 Å². The van der Waals surface area contributed by atoms with Gasteiger partial charge in [0.2, 0.25) is 0 Å². The first kappa shape index (κ1) is 16.6. The molecular weight excluding hydrogens is 282 g/mol. The Hall–Kier alpha value is -1.47. The van der Waals surface area contributed by atoms with Crippen molar-refractivity contribution in [3.63, 3.8) is 0 Å². The van der Waals surface area contributed by atoms with Gasteiger partial charge in [-0.25, -0.2) is 8.42 Å². The highest BCUT2D eigenvalue weighted by molar-refractivity contribution is 7.91. The van der Waals surface area contributed by atoms with Gasteiger partial charge in [0.05, 0.1) is 38.0 Å². The summed E-state index contributed by atoms with van der Waals surface area (Å²) in [5.74, 6) is 1.06. The van der Waals surface area contributed by atoms with E-state index >= 15 is 0 Å². The molecule has 0 aliphatic carbocycles. The number of aryl methyl sites for hydroxylation is 1. The maximum atomic E-state index is 11.5. The van der Waals surface area contributed by atoms with Gasteiger partial charge in [0.1, 0.15) is 11.5 Å². The molecule has 114 valence electrons. The summed E-state index contributed by atoms with van der Waals surface area (Å²) in [6.07, 6.45) is 0. The lowest BCUT2D eigenvalue weighted by Gasteiger charge is -2.14.